The molecule has 1 saturated carbocycles. The molecule has 135 valence electrons. The number of hydrogen-bond acceptors (Lipinski definition) is 4. The van der Waals surface area contributed by atoms with Gasteiger partial charge in [-0.2, -0.15) is 0 Å². The van der Waals surface area contributed by atoms with E-state index in [4.69, 9.17) is 14.2 Å². The van der Waals surface area contributed by atoms with E-state index in [1.807, 2.05) is 32.9 Å². The van der Waals surface area contributed by atoms with Crippen LogP contribution in [0.2, 0.25) is 0 Å². The summed E-state index contributed by atoms with van der Waals surface area (Å²) < 4.78 is 16.6. The van der Waals surface area contributed by atoms with Crippen LogP contribution in [0.25, 0.3) is 0 Å². The summed E-state index contributed by atoms with van der Waals surface area (Å²) in [4.78, 5) is 0. The maximum atomic E-state index is 13.2. The van der Waals surface area contributed by atoms with E-state index in [1.54, 1.807) is 21.3 Å². The topological polar surface area (TPSA) is 50.8 Å². The Bertz CT molecular complexity index is 522. The third-order valence-electron chi connectivity index (χ3n) is 4.81. The van der Waals surface area contributed by atoms with Gasteiger partial charge in [0.2, 0.25) is 0 Å². The van der Waals surface area contributed by atoms with Gasteiger partial charge < -0.3 is 14.2 Å². The molecule has 1 aliphatic rings. The van der Waals surface area contributed by atoms with E-state index in [0.717, 1.165) is 18.4 Å². The van der Waals surface area contributed by atoms with Crippen molar-refractivity contribution >= 4 is 0 Å². The molecule has 1 aromatic rings. The lowest BCUT2D eigenvalue weighted by Gasteiger charge is -2.38. The molecule has 2 rings (SSSR count). The second-order valence-electron chi connectivity index (χ2n) is 7.43. The van der Waals surface area contributed by atoms with Crippen molar-refractivity contribution in [2.45, 2.75) is 58.0 Å². The fourth-order valence-corrected chi connectivity index (χ4v) is 3.56. The van der Waals surface area contributed by atoms with Crippen LogP contribution < -0.4 is 14.2 Å². The highest BCUT2D eigenvalue weighted by molar-refractivity contribution is 5.52. The van der Waals surface area contributed by atoms with Gasteiger partial charge in [-0.25, -0.2) is 0 Å². The van der Waals surface area contributed by atoms with Crippen molar-refractivity contribution in [1.82, 2.24) is 5.06 Å². The summed E-state index contributed by atoms with van der Waals surface area (Å²) in [7, 11) is 4.85. The van der Waals surface area contributed by atoms with Crippen LogP contribution in [0.15, 0.2) is 12.1 Å². The normalized spacial score (nSPS) is 17.2. The standard InChI is InChI=1S/C19H30NO4/c1-19(2,3)20(21)18(13-9-7-8-10-13)17-15(23-5)11-14(22-4)12-16(17)24-6/h11-13,18H,7-10H2,1-6H3. The number of ether oxygens (including phenoxy) is 3. The number of hydroxylamine groups is 2. The Balaban J connectivity index is 2.60. The lowest BCUT2D eigenvalue weighted by Crippen LogP contribution is -2.43. The second-order valence-corrected chi connectivity index (χ2v) is 7.43. The molecule has 1 atom stereocenters. The van der Waals surface area contributed by atoms with Gasteiger partial charge in [0.1, 0.15) is 17.2 Å². The van der Waals surface area contributed by atoms with Crippen LogP contribution in [0.5, 0.6) is 17.2 Å². The van der Waals surface area contributed by atoms with Crippen LogP contribution in [-0.4, -0.2) is 31.9 Å². The molecule has 1 radical (unpaired) electrons. The molecule has 24 heavy (non-hydrogen) atoms. The van der Waals surface area contributed by atoms with Gasteiger partial charge in [-0.05, 0) is 39.5 Å². The van der Waals surface area contributed by atoms with E-state index in [0.29, 0.717) is 23.2 Å². The molecule has 0 aliphatic heterocycles. The summed E-state index contributed by atoms with van der Waals surface area (Å²) >= 11 is 0. The van der Waals surface area contributed by atoms with Crippen molar-refractivity contribution in [3.05, 3.63) is 17.7 Å². The number of hydrogen-bond donors (Lipinski definition) is 0. The number of methoxy groups -OCH3 is 3. The monoisotopic (exact) mass is 336 g/mol. The fraction of sp³-hybridized carbons (Fsp3) is 0.684. The van der Waals surface area contributed by atoms with E-state index >= 15 is 0 Å². The van der Waals surface area contributed by atoms with Crippen molar-refractivity contribution in [1.29, 1.82) is 0 Å². The third-order valence-corrected chi connectivity index (χ3v) is 4.81. The smallest absolute Gasteiger partial charge is 0.131 e. The zero-order valence-electron chi connectivity index (χ0n) is 15.7. The van der Waals surface area contributed by atoms with Gasteiger partial charge in [-0.1, -0.05) is 12.8 Å². The van der Waals surface area contributed by atoms with E-state index in [1.165, 1.54) is 17.9 Å². The van der Waals surface area contributed by atoms with E-state index < -0.39 is 5.54 Å². The summed E-state index contributed by atoms with van der Waals surface area (Å²) in [6.45, 7) is 5.85. The van der Waals surface area contributed by atoms with Crippen molar-refractivity contribution in [3.8, 4) is 17.2 Å². The molecule has 0 saturated heterocycles. The molecule has 5 heteroatoms. The van der Waals surface area contributed by atoms with Crippen LogP contribution in [0.4, 0.5) is 0 Å². The Kier molecular flexibility index (Phi) is 5.99. The minimum Gasteiger partial charge on any atom is -0.496 e. The third kappa shape index (κ3) is 3.78. The lowest BCUT2D eigenvalue weighted by molar-refractivity contribution is -0.252. The Morgan fingerprint density at radius 1 is 1.00 bits per heavy atom. The highest BCUT2D eigenvalue weighted by Crippen LogP contribution is 2.48. The molecule has 1 aromatic carbocycles. The molecule has 0 spiro atoms. The predicted octanol–water partition coefficient (Wildman–Crippen LogP) is 4.39. The number of benzene rings is 1. The molecule has 5 nitrogen and oxygen atoms in total. The minimum absolute atomic E-state index is 0.289. The Morgan fingerprint density at radius 2 is 1.50 bits per heavy atom. The summed E-state index contributed by atoms with van der Waals surface area (Å²) in [5.74, 6) is 2.25. The van der Waals surface area contributed by atoms with E-state index in [9.17, 15) is 5.21 Å². The van der Waals surface area contributed by atoms with E-state index in [-0.39, 0.29) is 6.04 Å². The highest BCUT2D eigenvalue weighted by Gasteiger charge is 2.40. The van der Waals surface area contributed by atoms with E-state index in [2.05, 4.69) is 0 Å². The molecule has 0 bridgehead atoms. The van der Waals surface area contributed by atoms with Gasteiger partial charge in [-0.3, -0.25) is 0 Å². The lowest BCUT2D eigenvalue weighted by atomic mass is 9.87. The van der Waals surface area contributed by atoms with Gasteiger partial charge >= 0.3 is 0 Å². The van der Waals surface area contributed by atoms with Crippen LogP contribution in [-0.2, 0) is 5.21 Å². The summed E-state index contributed by atoms with van der Waals surface area (Å²) in [6, 6.07) is 3.37. The average Bonchev–Trinajstić information content (AvgIpc) is 3.08. The maximum absolute atomic E-state index is 13.2. The maximum Gasteiger partial charge on any atom is 0.131 e. The zero-order chi connectivity index (χ0) is 17.9. The quantitative estimate of drug-likeness (QED) is 0.723. The van der Waals surface area contributed by atoms with Crippen molar-refractivity contribution in [2.24, 2.45) is 5.92 Å². The van der Waals surface area contributed by atoms with Crippen LogP contribution in [0.1, 0.15) is 58.1 Å². The van der Waals surface area contributed by atoms with Crippen molar-refractivity contribution in [3.63, 3.8) is 0 Å². The Morgan fingerprint density at radius 3 is 1.88 bits per heavy atom. The predicted molar refractivity (Wildman–Crippen MR) is 93.1 cm³/mol. The van der Waals surface area contributed by atoms with Gasteiger partial charge in [-0.15, -0.1) is 10.3 Å². The van der Waals surface area contributed by atoms with Crippen LogP contribution >= 0.6 is 0 Å². The molecule has 0 amide bonds. The molecule has 0 N–H and O–H groups in total. The summed E-state index contributed by atoms with van der Waals surface area (Å²) in [5.41, 5.74) is 0.334. The van der Waals surface area contributed by atoms with Crippen molar-refractivity contribution < 1.29 is 19.4 Å². The summed E-state index contributed by atoms with van der Waals surface area (Å²) in [5, 5.41) is 14.4. The highest BCUT2D eigenvalue weighted by atomic mass is 16.5. The van der Waals surface area contributed by atoms with Gasteiger partial charge in [0.15, 0.2) is 0 Å². The minimum atomic E-state index is -0.497. The molecule has 1 fully saturated rings. The first kappa shape index (κ1) is 18.9. The molecule has 1 aliphatic carbocycles. The zero-order valence-corrected chi connectivity index (χ0v) is 15.7. The summed E-state index contributed by atoms with van der Waals surface area (Å²) in [6.07, 6.45) is 4.44. The van der Waals surface area contributed by atoms with Crippen molar-refractivity contribution in [2.75, 3.05) is 21.3 Å². The molecular weight excluding hydrogens is 306 g/mol. The van der Waals surface area contributed by atoms with Gasteiger partial charge in [0.25, 0.3) is 0 Å². The first-order valence-electron chi connectivity index (χ1n) is 8.59. The molecule has 0 aromatic heterocycles. The fourth-order valence-electron chi connectivity index (χ4n) is 3.56. The number of nitrogens with zero attached hydrogens (tertiary/aromatic N) is 1. The second kappa shape index (κ2) is 7.62. The average molecular weight is 336 g/mol. The first-order valence-corrected chi connectivity index (χ1v) is 8.59. The van der Waals surface area contributed by atoms with Gasteiger partial charge in [0.05, 0.1) is 32.9 Å². The largest absolute Gasteiger partial charge is 0.496 e. The SMILES string of the molecule is COc1cc(OC)c(C(C2CCCC2)N([O])C(C)(C)C)c(OC)c1. The van der Waals surface area contributed by atoms with Crippen LogP contribution in [0.3, 0.4) is 0 Å². The van der Waals surface area contributed by atoms with Gasteiger partial charge in [0, 0.05) is 17.7 Å². The number of rotatable bonds is 6. The molecule has 0 heterocycles. The molecule has 1 unspecified atom stereocenters. The Hall–Kier alpha value is -1.46. The first-order chi connectivity index (χ1) is 11.3. The Labute approximate surface area is 145 Å². The molecular formula is C19H30NO4. The van der Waals surface area contributed by atoms with Crippen LogP contribution in [0, 0.1) is 5.92 Å².